The van der Waals surface area contributed by atoms with E-state index in [4.69, 9.17) is 4.74 Å². The van der Waals surface area contributed by atoms with Crippen LogP contribution in [0.5, 0.6) is 11.5 Å². The van der Waals surface area contributed by atoms with E-state index in [1.165, 1.54) is 6.08 Å². The van der Waals surface area contributed by atoms with Crippen molar-refractivity contribution in [3.8, 4) is 11.5 Å². The van der Waals surface area contributed by atoms with Crippen molar-refractivity contribution in [2.75, 3.05) is 11.6 Å². The van der Waals surface area contributed by atoms with Crippen molar-refractivity contribution in [2.24, 2.45) is 11.8 Å². The molecule has 1 amide bonds. The van der Waals surface area contributed by atoms with Gasteiger partial charge in [0.05, 0.1) is 5.92 Å². The fourth-order valence-electron chi connectivity index (χ4n) is 2.76. The normalized spacial score (nSPS) is 16.0. The number of hydrogen-bond acceptors (Lipinski definition) is 5. The van der Waals surface area contributed by atoms with Gasteiger partial charge in [0.1, 0.15) is 11.4 Å². The number of aromatic nitrogens is 2. The van der Waals surface area contributed by atoms with Crippen molar-refractivity contribution in [2.45, 2.75) is 25.7 Å². The van der Waals surface area contributed by atoms with Crippen molar-refractivity contribution in [1.29, 1.82) is 0 Å². The minimum atomic E-state index is -3.40. The molecule has 1 aliphatic rings. The van der Waals surface area contributed by atoms with E-state index in [0.717, 1.165) is 24.5 Å². The summed E-state index contributed by atoms with van der Waals surface area (Å²) in [6.07, 6.45) is 3.90. The summed E-state index contributed by atoms with van der Waals surface area (Å²) in [6.45, 7) is 0.686. The Morgan fingerprint density at radius 2 is 2.00 bits per heavy atom. The lowest BCUT2D eigenvalue weighted by atomic mass is 10.0. The molecule has 2 aromatic rings. The van der Waals surface area contributed by atoms with Gasteiger partial charge < -0.3 is 10.1 Å². The summed E-state index contributed by atoms with van der Waals surface area (Å²) in [7, 11) is -3.40. The lowest BCUT2D eigenvalue weighted by molar-refractivity contribution is -0.119. The molecule has 3 rings (SSSR count). The zero-order valence-corrected chi connectivity index (χ0v) is 16.7. The Hall–Kier alpha value is -2.75. The molecule has 10 heteroatoms. The summed E-state index contributed by atoms with van der Waals surface area (Å²) in [5.74, 6) is -4.72. The third-order valence-electron chi connectivity index (χ3n) is 4.33. The minimum absolute atomic E-state index is 0.00230. The van der Waals surface area contributed by atoms with Crippen LogP contribution < -0.4 is 10.1 Å². The highest BCUT2D eigenvalue weighted by atomic mass is 32.2. The monoisotopic (exact) mass is 425 g/mol. The summed E-state index contributed by atoms with van der Waals surface area (Å²) in [5, 5.41) is 9.49. The van der Waals surface area contributed by atoms with Crippen molar-refractivity contribution < 1.29 is 26.7 Å². The summed E-state index contributed by atoms with van der Waals surface area (Å²) < 4.78 is 56.3. The SMILES string of the molecule is CC(F)(F)c1[nH]nc(NC(=O)[C@H](/C=C/S(C)(=O)=O)C2CC2)c1Oc1ccccc1. The molecule has 7 nitrogen and oxygen atoms in total. The maximum Gasteiger partial charge on any atom is 0.290 e. The van der Waals surface area contributed by atoms with Gasteiger partial charge in [0, 0.05) is 18.6 Å². The number of ether oxygens (including phenoxy) is 1. The summed E-state index contributed by atoms with van der Waals surface area (Å²) >= 11 is 0. The molecule has 0 unspecified atom stereocenters. The number of alkyl halides is 2. The Bertz CT molecular complexity index is 1010. The Labute approximate surface area is 167 Å². The Morgan fingerprint density at radius 1 is 1.34 bits per heavy atom. The molecular weight excluding hydrogens is 404 g/mol. The highest BCUT2D eigenvalue weighted by Crippen LogP contribution is 2.42. The number of hydrogen-bond donors (Lipinski definition) is 2. The zero-order chi connectivity index (χ0) is 21.2. The molecule has 1 heterocycles. The van der Waals surface area contributed by atoms with Crippen LogP contribution in [0.3, 0.4) is 0 Å². The van der Waals surface area contributed by atoms with Gasteiger partial charge in [-0.1, -0.05) is 24.3 Å². The van der Waals surface area contributed by atoms with E-state index in [-0.39, 0.29) is 17.5 Å². The summed E-state index contributed by atoms with van der Waals surface area (Å²) in [4.78, 5) is 12.7. The smallest absolute Gasteiger partial charge is 0.290 e. The first-order chi connectivity index (χ1) is 13.5. The topological polar surface area (TPSA) is 101 Å². The molecule has 2 N–H and O–H groups in total. The maximum absolute atomic E-state index is 14.0. The molecule has 1 saturated carbocycles. The number of carbonyl (C=O) groups excluding carboxylic acids is 1. The number of H-pyrrole nitrogens is 1. The van der Waals surface area contributed by atoms with Crippen molar-refractivity contribution in [3.63, 3.8) is 0 Å². The molecule has 29 heavy (non-hydrogen) atoms. The Kier molecular flexibility index (Phi) is 5.74. The Morgan fingerprint density at radius 3 is 2.55 bits per heavy atom. The van der Waals surface area contributed by atoms with Crippen LogP contribution in [0.4, 0.5) is 14.6 Å². The average molecular weight is 425 g/mol. The van der Waals surface area contributed by atoms with Crippen molar-refractivity contribution in [1.82, 2.24) is 10.2 Å². The highest BCUT2D eigenvalue weighted by molar-refractivity contribution is 7.93. The van der Waals surface area contributed by atoms with Crippen LogP contribution in [0.25, 0.3) is 0 Å². The lowest BCUT2D eigenvalue weighted by Gasteiger charge is -2.14. The van der Waals surface area contributed by atoms with Crippen LogP contribution in [0.15, 0.2) is 41.8 Å². The van der Waals surface area contributed by atoms with Gasteiger partial charge in [0.2, 0.25) is 5.91 Å². The molecule has 0 aliphatic heterocycles. The number of rotatable bonds is 8. The molecule has 1 aliphatic carbocycles. The lowest BCUT2D eigenvalue weighted by Crippen LogP contribution is -2.23. The third-order valence-corrected chi connectivity index (χ3v) is 4.98. The minimum Gasteiger partial charge on any atom is -0.451 e. The van der Waals surface area contributed by atoms with Gasteiger partial charge in [-0.05, 0) is 30.9 Å². The largest absolute Gasteiger partial charge is 0.451 e. The van der Waals surface area contributed by atoms with Crippen LogP contribution in [0.1, 0.15) is 25.5 Å². The Balaban J connectivity index is 1.88. The average Bonchev–Trinajstić information content (AvgIpc) is 3.36. The van der Waals surface area contributed by atoms with Gasteiger partial charge in [0.15, 0.2) is 21.4 Å². The van der Waals surface area contributed by atoms with Crippen LogP contribution in [0, 0.1) is 11.8 Å². The molecule has 0 spiro atoms. The molecule has 1 aromatic carbocycles. The number of para-hydroxylation sites is 1. The fourth-order valence-corrected chi connectivity index (χ4v) is 3.22. The van der Waals surface area contributed by atoms with E-state index >= 15 is 0 Å². The van der Waals surface area contributed by atoms with Gasteiger partial charge in [-0.15, -0.1) is 0 Å². The van der Waals surface area contributed by atoms with Crippen LogP contribution in [-0.2, 0) is 20.6 Å². The van der Waals surface area contributed by atoms with Gasteiger partial charge >= 0.3 is 0 Å². The number of sulfone groups is 1. The molecule has 1 atom stereocenters. The van der Waals surface area contributed by atoms with E-state index in [1.54, 1.807) is 30.3 Å². The predicted molar refractivity (Wildman–Crippen MR) is 103 cm³/mol. The molecule has 0 radical (unpaired) electrons. The molecular formula is C19H21F2N3O4S. The number of aromatic amines is 1. The summed E-state index contributed by atoms with van der Waals surface area (Å²) in [6, 6.07) is 8.26. The molecule has 156 valence electrons. The zero-order valence-electron chi connectivity index (χ0n) is 15.9. The van der Waals surface area contributed by atoms with E-state index in [9.17, 15) is 22.0 Å². The first-order valence-electron chi connectivity index (χ1n) is 8.93. The number of nitrogens with one attached hydrogen (secondary N) is 2. The second-order valence-electron chi connectivity index (χ2n) is 7.09. The van der Waals surface area contributed by atoms with Gasteiger partial charge in [-0.25, -0.2) is 8.42 Å². The molecule has 1 fully saturated rings. The predicted octanol–water partition coefficient (Wildman–Crippen LogP) is 3.84. The van der Waals surface area contributed by atoms with Crippen LogP contribution in [-0.4, -0.2) is 30.8 Å². The van der Waals surface area contributed by atoms with Gasteiger partial charge in [0.25, 0.3) is 5.92 Å². The van der Waals surface area contributed by atoms with E-state index in [1.807, 2.05) is 0 Å². The van der Waals surface area contributed by atoms with Crippen LogP contribution >= 0.6 is 0 Å². The van der Waals surface area contributed by atoms with Crippen molar-refractivity contribution >= 4 is 21.6 Å². The first-order valence-corrected chi connectivity index (χ1v) is 10.9. The second-order valence-corrected chi connectivity index (χ2v) is 9.02. The quantitative estimate of drug-likeness (QED) is 0.669. The van der Waals surface area contributed by atoms with Crippen molar-refractivity contribution in [3.05, 3.63) is 47.5 Å². The number of amides is 1. The maximum atomic E-state index is 14.0. The first kappa shape index (κ1) is 21.0. The molecule has 0 saturated heterocycles. The number of nitrogens with zero attached hydrogens (tertiary/aromatic N) is 1. The van der Waals surface area contributed by atoms with E-state index in [2.05, 4.69) is 15.5 Å². The standard InChI is InChI=1S/C19H21F2N3O4S/c1-19(20,21)16-15(28-13-6-4-3-5-7-13)17(24-23-16)22-18(25)14(12-8-9-12)10-11-29(2,26)27/h3-7,10-12,14H,8-9H2,1-2H3,(H2,22,23,24,25)/b11-10+/t14-/m1/s1. The number of halogens is 2. The molecule has 1 aromatic heterocycles. The van der Waals surface area contributed by atoms with Crippen LogP contribution in [0.2, 0.25) is 0 Å². The highest BCUT2D eigenvalue weighted by Gasteiger charge is 2.37. The number of benzene rings is 1. The third kappa shape index (κ3) is 5.63. The number of carbonyl (C=O) groups is 1. The van der Waals surface area contributed by atoms with E-state index in [0.29, 0.717) is 12.7 Å². The molecule has 0 bridgehead atoms. The van der Waals surface area contributed by atoms with Gasteiger partial charge in [-0.3, -0.25) is 9.89 Å². The fraction of sp³-hybridized carbons (Fsp3) is 0.368. The van der Waals surface area contributed by atoms with Gasteiger partial charge in [-0.2, -0.15) is 13.9 Å². The van der Waals surface area contributed by atoms with E-state index < -0.39 is 33.3 Å². The number of anilines is 1. The second kappa shape index (κ2) is 7.94. The summed E-state index contributed by atoms with van der Waals surface area (Å²) in [5.41, 5.74) is -0.577.